The number of para-hydroxylation sites is 1. The summed E-state index contributed by atoms with van der Waals surface area (Å²) in [5.74, 6) is 0. The standard InChI is InChI=1S/C19H20BrN3S/c20-15-6-3-5-14(13-15)18(23-11-4-9-21-10-12-23)19-22-16-7-1-2-8-17(16)24-19/h1-3,5-8,13,18,21H,4,9-12H2. The third-order valence-electron chi connectivity index (χ3n) is 4.45. The van der Waals surface area contributed by atoms with Crippen molar-refractivity contribution in [1.29, 1.82) is 0 Å². The number of nitrogens with zero attached hydrogens (tertiary/aromatic N) is 2. The average Bonchev–Trinajstić information content (AvgIpc) is 2.82. The highest BCUT2D eigenvalue weighted by atomic mass is 79.9. The van der Waals surface area contributed by atoms with Gasteiger partial charge in [-0.15, -0.1) is 11.3 Å². The highest BCUT2D eigenvalue weighted by Crippen LogP contribution is 2.35. The molecule has 1 atom stereocenters. The Bertz CT molecular complexity index is 791. The van der Waals surface area contributed by atoms with Gasteiger partial charge in [-0.05, 0) is 42.8 Å². The van der Waals surface area contributed by atoms with Gasteiger partial charge in [0.15, 0.2) is 0 Å². The van der Waals surface area contributed by atoms with Crippen LogP contribution >= 0.6 is 27.3 Å². The first-order valence-corrected chi connectivity index (χ1v) is 9.98. The summed E-state index contributed by atoms with van der Waals surface area (Å²) in [6, 6.07) is 17.3. The van der Waals surface area contributed by atoms with Gasteiger partial charge in [0.2, 0.25) is 0 Å². The molecule has 1 N–H and O–H groups in total. The molecule has 124 valence electrons. The van der Waals surface area contributed by atoms with Crippen LogP contribution < -0.4 is 5.32 Å². The summed E-state index contributed by atoms with van der Waals surface area (Å²) in [5, 5.41) is 4.70. The maximum absolute atomic E-state index is 4.97. The molecule has 1 saturated heterocycles. The summed E-state index contributed by atoms with van der Waals surface area (Å²) in [7, 11) is 0. The number of fused-ring (bicyclic) bond motifs is 1. The van der Waals surface area contributed by atoms with E-state index in [1.54, 1.807) is 0 Å². The first-order chi connectivity index (χ1) is 11.8. The van der Waals surface area contributed by atoms with Crippen LogP contribution in [0.4, 0.5) is 0 Å². The molecule has 0 aliphatic carbocycles. The molecule has 0 radical (unpaired) electrons. The van der Waals surface area contributed by atoms with E-state index in [1.165, 1.54) is 21.7 Å². The van der Waals surface area contributed by atoms with Crippen LogP contribution in [-0.4, -0.2) is 36.1 Å². The van der Waals surface area contributed by atoms with Gasteiger partial charge >= 0.3 is 0 Å². The van der Waals surface area contributed by atoms with Crippen molar-refractivity contribution in [2.75, 3.05) is 26.2 Å². The lowest BCUT2D eigenvalue weighted by atomic mass is 10.1. The maximum Gasteiger partial charge on any atom is 0.116 e. The van der Waals surface area contributed by atoms with Gasteiger partial charge in [0.1, 0.15) is 5.01 Å². The zero-order valence-electron chi connectivity index (χ0n) is 13.4. The Morgan fingerprint density at radius 2 is 2.00 bits per heavy atom. The molecule has 0 saturated carbocycles. The van der Waals surface area contributed by atoms with Crippen molar-refractivity contribution in [3.8, 4) is 0 Å². The molecule has 1 aliphatic rings. The monoisotopic (exact) mass is 401 g/mol. The summed E-state index contributed by atoms with van der Waals surface area (Å²) in [6.45, 7) is 4.28. The van der Waals surface area contributed by atoms with E-state index in [1.807, 2.05) is 11.3 Å². The molecule has 0 spiro atoms. The fourth-order valence-corrected chi connectivity index (χ4v) is 4.87. The predicted molar refractivity (Wildman–Crippen MR) is 105 cm³/mol. The van der Waals surface area contributed by atoms with Crippen LogP contribution in [0.15, 0.2) is 53.0 Å². The smallest absolute Gasteiger partial charge is 0.116 e. The molecular formula is C19H20BrN3S. The second-order valence-corrected chi connectivity index (χ2v) is 8.09. The van der Waals surface area contributed by atoms with E-state index in [4.69, 9.17) is 4.98 Å². The number of hydrogen-bond donors (Lipinski definition) is 1. The Balaban J connectivity index is 1.79. The molecule has 1 aliphatic heterocycles. The Labute approximate surface area is 154 Å². The van der Waals surface area contributed by atoms with E-state index in [-0.39, 0.29) is 6.04 Å². The Kier molecular flexibility index (Phi) is 4.94. The Hall–Kier alpha value is -1.27. The zero-order chi connectivity index (χ0) is 16.4. The minimum absolute atomic E-state index is 0.222. The molecule has 1 fully saturated rings. The first-order valence-electron chi connectivity index (χ1n) is 8.37. The lowest BCUT2D eigenvalue weighted by Gasteiger charge is -2.29. The SMILES string of the molecule is Brc1cccc(C(c2nc3ccccc3s2)N2CCCNCC2)c1. The van der Waals surface area contributed by atoms with Crippen LogP contribution in [0, 0.1) is 0 Å². The minimum atomic E-state index is 0.222. The lowest BCUT2D eigenvalue weighted by molar-refractivity contribution is 0.241. The van der Waals surface area contributed by atoms with E-state index in [0.717, 1.165) is 36.2 Å². The number of halogens is 1. The number of rotatable bonds is 3. The molecule has 24 heavy (non-hydrogen) atoms. The second-order valence-electron chi connectivity index (χ2n) is 6.12. The topological polar surface area (TPSA) is 28.2 Å². The van der Waals surface area contributed by atoms with E-state index in [0.29, 0.717) is 0 Å². The molecule has 5 heteroatoms. The van der Waals surface area contributed by atoms with Crippen molar-refractivity contribution >= 4 is 37.5 Å². The highest BCUT2D eigenvalue weighted by molar-refractivity contribution is 9.10. The normalized spacial score (nSPS) is 17.7. The molecule has 0 amide bonds. The molecular weight excluding hydrogens is 382 g/mol. The van der Waals surface area contributed by atoms with Gasteiger partial charge in [-0.3, -0.25) is 4.90 Å². The van der Waals surface area contributed by atoms with Crippen LogP contribution in [0.1, 0.15) is 23.0 Å². The number of benzene rings is 2. The molecule has 3 aromatic rings. The van der Waals surface area contributed by atoms with Crippen molar-refractivity contribution in [2.24, 2.45) is 0 Å². The summed E-state index contributed by atoms with van der Waals surface area (Å²) in [6.07, 6.45) is 1.18. The van der Waals surface area contributed by atoms with Crippen molar-refractivity contribution in [3.05, 3.63) is 63.6 Å². The van der Waals surface area contributed by atoms with Crippen LogP contribution in [0.5, 0.6) is 0 Å². The molecule has 1 aromatic heterocycles. The van der Waals surface area contributed by atoms with Crippen LogP contribution in [0.3, 0.4) is 0 Å². The first kappa shape index (κ1) is 16.2. The largest absolute Gasteiger partial charge is 0.315 e. The number of aromatic nitrogens is 1. The van der Waals surface area contributed by atoms with Gasteiger partial charge in [-0.2, -0.15) is 0 Å². The van der Waals surface area contributed by atoms with E-state index in [2.05, 4.69) is 74.7 Å². The molecule has 3 nitrogen and oxygen atoms in total. The summed E-state index contributed by atoms with van der Waals surface area (Å²) >= 11 is 5.45. The summed E-state index contributed by atoms with van der Waals surface area (Å²) < 4.78 is 2.39. The van der Waals surface area contributed by atoms with Gasteiger partial charge in [-0.1, -0.05) is 40.2 Å². The molecule has 2 heterocycles. The summed E-state index contributed by atoms with van der Waals surface area (Å²) in [5.41, 5.74) is 2.41. The number of thiazole rings is 1. The zero-order valence-corrected chi connectivity index (χ0v) is 15.8. The highest BCUT2D eigenvalue weighted by Gasteiger charge is 2.26. The van der Waals surface area contributed by atoms with Crippen molar-refractivity contribution in [3.63, 3.8) is 0 Å². The van der Waals surface area contributed by atoms with Gasteiger partial charge in [-0.25, -0.2) is 4.98 Å². The number of hydrogen-bond acceptors (Lipinski definition) is 4. The Morgan fingerprint density at radius 3 is 2.88 bits per heavy atom. The van der Waals surface area contributed by atoms with Gasteiger partial charge in [0.25, 0.3) is 0 Å². The molecule has 2 aromatic carbocycles. The fraction of sp³-hybridized carbons (Fsp3) is 0.316. The number of nitrogens with one attached hydrogen (secondary N) is 1. The van der Waals surface area contributed by atoms with Gasteiger partial charge in [0.05, 0.1) is 16.3 Å². The Morgan fingerprint density at radius 1 is 1.08 bits per heavy atom. The fourth-order valence-electron chi connectivity index (χ4n) is 3.32. The van der Waals surface area contributed by atoms with Gasteiger partial charge < -0.3 is 5.32 Å². The average molecular weight is 402 g/mol. The third-order valence-corrected chi connectivity index (χ3v) is 6.03. The van der Waals surface area contributed by atoms with Crippen molar-refractivity contribution in [2.45, 2.75) is 12.5 Å². The molecule has 0 bridgehead atoms. The minimum Gasteiger partial charge on any atom is -0.315 e. The van der Waals surface area contributed by atoms with E-state index in [9.17, 15) is 0 Å². The van der Waals surface area contributed by atoms with E-state index < -0.39 is 0 Å². The third kappa shape index (κ3) is 3.40. The van der Waals surface area contributed by atoms with Crippen molar-refractivity contribution in [1.82, 2.24) is 15.2 Å². The lowest BCUT2D eigenvalue weighted by Crippen LogP contribution is -2.33. The second kappa shape index (κ2) is 7.31. The maximum atomic E-state index is 4.97. The molecule has 1 unspecified atom stereocenters. The van der Waals surface area contributed by atoms with Gasteiger partial charge in [0, 0.05) is 24.1 Å². The van der Waals surface area contributed by atoms with Crippen LogP contribution in [0.25, 0.3) is 10.2 Å². The van der Waals surface area contributed by atoms with Crippen LogP contribution in [0.2, 0.25) is 0 Å². The van der Waals surface area contributed by atoms with Crippen LogP contribution in [-0.2, 0) is 0 Å². The molecule has 4 rings (SSSR count). The van der Waals surface area contributed by atoms with Crippen molar-refractivity contribution < 1.29 is 0 Å². The van der Waals surface area contributed by atoms with E-state index >= 15 is 0 Å². The summed E-state index contributed by atoms with van der Waals surface area (Å²) in [4.78, 5) is 7.53. The quantitative estimate of drug-likeness (QED) is 0.702. The predicted octanol–water partition coefficient (Wildman–Crippen LogP) is 4.44.